The molecule has 0 aromatic heterocycles. The van der Waals surface area contributed by atoms with Gasteiger partial charge in [0, 0.05) is 11.3 Å². The molecule has 0 radical (unpaired) electrons. The molecule has 0 aliphatic heterocycles. The van der Waals surface area contributed by atoms with Crippen LogP contribution in [0.5, 0.6) is 0 Å². The van der Waals surface area contributed by atoms with Gasteiger partial charge in [0.25, 0.3) is 0 Å². The maximum atomic E-state index is 11.6. The first kappa shape index (κ1) is 10.2. The Balaban J connectivity index is 2.40. The minimum atomic E-state index is 0.0886. The van der Waals surface area contributed by atoms with E-state index in [1.165, 1.54) is 5.57 Å². The van der Waals surface area contributed by atoms with Gasteiger partial charge in [-0.1, -0.05) is 18.6 Å². The predicted molar refractivity (Wildman–Crippen MR) is 61.1 cm³/mol. The van der Waals surface area contributed by atoms with Gasteiger partial charge in [0.1, 0.15) is 0 Å². The first-order valence-electron chi connectivity index (χ1n) is 5.47. The molecule has 0 heterocycles. The molecule has 2 aliphatic carbocycles. The molecule has 1 saturated carbocycles. The lowest BCUT2D eigenvalue weighted by Gasteiger charge is -2.39. The maximum absolute atomic E-state index is 11.6. The van der Waals surface area contributed by atoms with Gasteiger partial charge in [0.05, 0.1) is 0 Å². The minimum absolute atomic E-state index is 0.0886. The second-order valence-electron chi connectivity index (χ2n) is 4.82. The molecule has 0 spiro atoms. The molecule has 78 valence electrons. The van der Waals surface area contributed by atoms with Crippen LogP contribution in [0.2, 0.25) is 0 Å². The van der Waals surface area contributed by atoms with Gasteiger partial charge in [-0.05, 0) is 37.8 Å². The molecule has 2 atom stereocenters. The zero-order valence-corrected chi connectivity index (χ0v) is 9.34. The number of carbonyl (C=O) groups excluding carboxylic acids is 1. The predicted octanol–water partition coefficient (Wildman–Crippen LogP) is 2.88. The Bertz CT molecular complexity index is 406. The van der Waals surface area contributed by atoms with E-state index < -0.39 is 0 Å². The van der Waals surface area contributed by atoms with Crippen LogP contribution in [0.3, 0.4) is 0 Å². The normalized spacial score (nSPS) is 35.0. The second kappa shape index (κ2) is 3.38. The van der Waals surface area contributed by atoms with Crippen LogP contribution in [0, 0.1) is 23.7 Å². The Morgan fingerprint density at radius 2 is 2.33 bits per heavy atom. The number of terminal acetylenes is 1. The summed E-state index contributed by atoms with van der Waals surface area (Å²) in [7, 11) is 0. The lowest BCUT2D eigenvalue weighted by molar-refractivity contribution is -0.111. The highest BCUT2D eigenvalue weighted by molar-refractivity contribution is 6.05. The standard InChI is InChI=1S/C14H16O/c1-4-11-5-7-14(3)8-6-13(15)10(2)12(14)9-11/h1,6,8,11H,5,7,9H2,2-3H3/t11-,14+/m1/s1. The summed E-state index contributed by atoms with van der Waals surface area (Å²) < 4.78 is 0. The van der Waals surface area contributed by atoms with Gasteiger partial charge in [-0.3, -0.25) is 4.79 Å². The van der Waals surface area contributed by atoms with E-state index in [1.807, 2.05) is 6.92 Å². The van der Waals surface area contributed by atoms with E-state index in [0.29, 0.717) is 5.92 Å². The minimum Gasteiger partial charge on any atom is -0.290 e. The third-order valence-corrected chi connectivity index (χ3v) is 3.81. The SMILES string of the molecule is C#C[C@@H]1CC[C@@]2(C)C=CC(=O)C(C)=C2C1. The number of hydrogen-bond donors (Lipinski definition) is 0. The molecule has 0 saturated heterocycles. The second-order valence-corrected chi connectivity index (χ2v) is 4.82. The molecule has 15 heavy (non-hydrogen) atoms. The molecule has 0 bridgehead atoms. The number of carbonyl (C=O) groups is 1. The van der Waals surface area contributed by atoms with Crippen molar-refractivity contribution in [1.82, 2.24) is 0 Å². The van der Waals surface area contributed by atoms with Gasteiger partial charge >= 0.3 is 0 Å². The van der Waals surface area contributed by atoms with E-state index in [9.17, 15) is 4.79 Å². The third kappa shape index (κ3) is 1.55. The summed E-state index contributed by atoms with van der Waals surface area (Å²) in [5.74, 6) is 3.29. The Labute approximate surface area is 91.3 Å². The third-order valence-electron chi connectivity index (χ3n) is 3.81. The van der Waals surface area contributed by atoms with Crippen LogP contribution >= 0.6 is 0 Å². The van der Waals surface area contributed by atoms with Gasteiger partial charge in [0.15, 0.2) is 5.78 Å². The molecule has 2 rings (SSSR count). The summed E-state index contributed by atoms with van der Waals surface area (Å²) in [4.78, 5) is 11.6. The van der Waals surface area contributed by atoms with Crippen LogP contribution < -0.4 is 0 Å². The molecule has 0 aromatic carbocycles. The van der Waals surface area contributed by atoms with E-state index in [0.717, 1.165) is 24.8 Å². The molecular weight excluding hydrogens is 184 g/mol. The van der Waals surface area contributed by atoms with Gasteiger partial charge in [0.2, 0.25) is 0 Å². The largest absolute Gasteiger partial charge is 0.290 e. The average Bonchev–Trinajstić information content (AvgIpc) is 2.24. The fraction of sp³-hybridized carbons (Fsp3) is 0.500. The summed E-state index contributed by atoms with van der Waals surface area (Å²) >= 11 is 0. The monoisotopic (exact) mass is 200 g/mol. The zero-order chi connectivity index (χ0) is 11.1. The van der Waals surface area contributed by atoms with Crippen LogP contribution in [-0.2, 0) is 4.79 Å². The molecule has 0 N–H and O–H groups in total. The molecule has 1 fully saturated rings. The Morgan fingerprint density at radius 3 is 3.00 bits per heavy atom. The number of ketones is 1. The fourth-order valence-corrected chi connectivity index (χ4v) is 2.65. The first-order valence-corrected chi connectivity index (χ1v) is 5.47. The zero-order valence-electron chi connectivity index (χ0n) is 9.34. The highest BCUT2D eigenvalue weighted by Crippen LogP contribution is 2.47. The van der Waals surface area contributed by atoms with Crippen molar-refractivity contribution in [3.63, 3.8) is 0 Å². The van der Waals surface area contributed by atoms with E-state index in [1.54, 1.807) is 6.08 Å². The van der Waals surface area contributed by atoms with Crippen molar-refractivity contribution < 1.29 is 4.79 Å². The molecule has 1 nitrogen and oxygen atoms in total. The summed E-state index contributed by atoms with van der Waals surface area (Å²) in [6, 6.07) is 0. The Hall–Kier alpha value is -1.29. The van der Waals surface area contributed by atoms with Crippen molar-refractivity contribution in [2.75, 3.05) is 0 Å². The van der Waals surface area contributed by atoms with Crippen LogP contribution in [0.4, 0.5) is 0 Å². The van der Waals surface area contributed by atoms with Gasteiger partial charge < -0.3 is 0 Å². The van der Waals surface area contributed by atoms with Crippen LogP contribution in [-0.4, -0.2) is 5.78 Å². The van der Waals surface area contributed by atoms with Crippen molar-refractivity contribution in [1.29, 1.82) is 0 Å². The van der Waals surface area contributed by atoms with Crippen molar-refractivity contribution in [3.05, 3.63) is 23.3 Å². The summed E-state index contributed by atoms with van der Waals surface area (Å²) in [5, 5.41) is 0. The first-order chi connectivity index (χ1) is 7.07. The Morgan fingerprint density at radius 1 is 1.60 bits per heavy atom. The topological polar surface area (TPSA) is 17.1 Å². The quantitative estimate of drug-likeness (QED) is 0.549. The van der Waals surface area contributed by atoms with E-state index in [4.69, 9.17) is 6.42 Å². The molecule has 2 aliphatic rings. The Kier molecular flexibility index (Phi) is 2.31. The van der Waals surface area contributed by atoms with Crippen LogP contribution in [0.1, 0.15) is 33.1 Å². The lowest BCUT2D eigenvalue weighted by Crippen LogP contribution is -2.29. The molecular formula is C14H16O. The number of rotatable bonds is 0. The van der Waals surface area contributed by atoms with Gasteiger partial charge in [-0.25, -0.2) is 0 Å². The van der Waals surface area contributed by atoms with Crippen LogP contribution in [0.15, 0.2) is 23.3 Å². The van der Waals surface area contributed by atoms with Crippen molar-refractivity contribution in [2.45, 2.75) is 33.1 Å². The molecule has 0 aromatic rings. The van der Waals surface area contributed by atoms with Gasteiger partial charge in [-0.2, -0.15) is 0 Å². The lowest BCUT2D eigenvalue weighted by atomic mass is 9.64. The number of allylic oxidation sites excluding steroid dienone is 4. The average molecular weight is 200 g/mol. The highest BCUT2D eigenvalue weighted by atomic mass is 16.1. The van der Waals surface area contributed by atoms with E-state index in [-0.39, 0.29) is 11.2 Å². The number of hydrogen-bond acceptors (Lipinski definition) is 1. The van der Waals surface area contributed by atoms with Crippen LogP contribution in [0.25, 0.3) is 0 Å². The molecule has 0 amide bonds. The summed E-state index contributed by atoms with van der Waals surface area (Å²) in [6.45, 7) is 4.14. The fourth-order valence-electron chi connectivity index (χ4n) is 2.65. The maximum Gasteiger partial charge on any atom is 0.181 e. The molecule has 1 heteroatoms. The summed E-state index contributed by atoms with van der Waals surface area (Å²) in [6.07, 6.45) is 12.3. The van der Waals surface area contributed by atoms with Gasteiger partial charge in [-0.15, -0.1) is 12.3 Å². The van der Waals surface area contributed by atoms with E-state index in [2.05, 4.69) is 18.9 Å². The smallest absolute Gasteiger partial charge is 0.181 e. The number of fused-ring (bicyclic) bond motifs is 1. The van der Waals surface area contributed by atoms with Crippen molar-refractivity contribution in [3.8, 4) is 12.3 Å². The van der Waals surface area contributed by atoms with E-state index >= 15 is 0 Å². The van der Waals surface area contributed by atoms with Crippen molar-refractivity contribution in [2.24, 2.45) is 11.3 Å². The summed E-state index contributed by atoms with van der Waals surface area (Å²) in [5.41, 5.74) is 2.27. The van der Waals surface area contributed by atoms with Crippen molar-refractivity contribution >= 4 is 5.78 Å². The molecule has 0 unspecified atom stereocenters. The highest BCUT2D eigenvalue weighted by Gasteiger charge is 2.37.